The van der Waals surface area contributed by atoms with Gasteiger partial charge in [-0.1, -0.05) is 21.1 Å². The Balaban J connectivity index is 1.57. The Hall–Kier alpha value is -3.13. The summed E-state index contributed by atoms with van der Waals surface area (Å²) in [6.07, 6.45) is 0. The van der Waals surface area contributed by atoms with E-state index >= 15 is 0 Å². The zero-order valence-corrected chi connectivity index (χ0v) is 15.5. The summed E-state index contributed by atoms with van der Waals surface area (Å²) in [5.74, 6) is -0.212. The highest BCUT2D eigenvalue weighted by Gasteiger charge is 2.14. The van der Waals surface area contributed by atoms with Gasteiger partial charge in [-0.3, -0.25) is 0 Å². The van der Waals surface area contributed by atoms with Gasteiger partial charge in [-0.2, -0.15) is 0 Å². The number of oxime groups is 1. The molecule has 8 heteroatoms. The van der Waals surface area contributed by atoms with Gasteiger partial charge in [0.1, 0.15) is 23.9 Å². The molecule has 3 rings (SSSR count). The standard InChI is InChI=1S/C19H14BrFN2O4/c20-13-3-7-15(8-4-13)25-11-16-9-10-17(26-16)19(24)27-23-18(22)12-1-5-14(21)6-2-12/h1-10H,11H2,(H2,22,23). The Bertz CT molecular complexity index is 953. The van der Waals surface area contributed by atoms with Crippen molar-refractivity contribution in [3.05, 3.63) is 88.0 Å². The van der Waals surface area contributed by atoms with E-state index in [2.05, 4.69) is 21.1 Å². The molecule has 0 spiro atoms. The molecular formula is C19H14BrFN2O4. The summed E-state index contributed by atoms with van der Waals surface area (Å²) in [6, 6.07) is 15.7. The number of benzene rings is 2. The highest BCUT2D eigenvalue weighted by atomic mass is 79.9. The normalized spacial score (nSPS) is 11.3. The Morgan fingerprint density at radius 1 is 1.07 bits per heavy atom. The maximum atomic E-state index is 12.9. The number of halogens is 2. The van der Waals surface area contributed by atoms with Gasteiger partial charge in [0.15, 0.2) is 5.84 Å². The van der Waals surface area contributed by atoms with Crippen LogP contribution in [0.2, 0.25) is 0 Å². The molecule has 0 aliphatic heterocycles. The van der Waals surface area contributed by atoms with Crippen molar-refractivity contribution < 1.29 is 23.2 Å². The van der Waals surface area contributed by atoms with E-state index in [1.807, 2.05) is 12.1 Å². The zero-order valence-electron chi connectivity index (χ0n) is 13.9. The van der Waals surface area contributed by atoms with Crippen molar-refractivity contribution in [1.82, 2.24) is 0 Å². The molecule has 1 heterocycles. The Morgan fingerprint density at radius 2 is 1.78 bits per heavy atom. The quantitative estimate of drug-likeness (QED) is 0.272. The molecule has 0 radical (unpaired) electrons. The molecule has 0 bridgehead atoms. The molecule has 0 unspecified atom stereocenters. The smallest absolute Gasteiger partial charge is 0.400 e. The van der Waals surface area contributed by atoms with E-state index in [1.165, 1.54) is 30.3 Å². The van der Waals surface area contributed by atoms with Gasteiger partial charge in [0, 0.05) is 10.0 Å². The molecule has 6 nitrogen and oxygen atoms in total. The first-order chi connectivity index (χ1) is 13.0. The van der Waals surface area contributed by atoms with Gasteiger partial charge >= 0.3 is 5.97 Å². The summed E-state index contributed by atoms with van der Waals surface area (Å²) in [5, 5.41) is 3.54. The molecular weight excluding hydrogens is 419 g/mol. The second-order valence-corrected chi connectivity index (χ2v) is 6.29. The molecule has 0 fully saturated rings. The Morgan fingerprint density at radius 3 is 2.48 bits per heavy atom. The molecule has 2 aromatic carbocycles. The van der Waals surface area contributed by atoms with E-state index < -0.39 is 11.8 Å². The molecule has 1 aromatic heterocycles. The number of amidine groups is 1. The summed E-state index contributed by atoms with van der Waals surface area (Å²) in [4.78, 5) is 16.7. The summed E-state index contributed by atoms with van der Waals surface area (Å²) in [5.41, 5.74) is 6.12. The minimum absolute atomic E-state index is 0.0416. The van der Waals surface area contributed by atoms with E-state index in [1.54, 1.807) is 18.2 Å². The highest BCUT2D eigenvalue weighted by molar-refractivity contribution is 9.10. The van der Waals surface area contributed by atoms with Gasteiger partial charge in [-0.25, -0.2) is 9.18 Å². The molecule has 0 aliphatic carbocycles. The molecule has 27 heavy (non-hydrogen) atoms. The van der Waals surface area contributed by atoms with Crippen LogP contribution in [0.5, 0.6) is 5.75 Å². The summed E-state index contributed by atoms with van der Waals surface area (Å²) < 4.78 is 24.8. The number of rotatable bonds is 6. The Labute approximate surface area is 162 Å². The SMILES string of the molecule is N/C(=N\OC(=O)c1ccc(COc2ccc(Br)cc2)o1)c1ccc(F)cc1. The van der Waals surface area contributed by atoms with Crippen molar-refractivity contribution in [2.45, 2.75) is 6.61 Å². The monoisotopic (exact) mass is 432 g/mol. The van der Waals surface area contributed by atoms with E-state index in [0.29, 0.717) is 17.1 Å². The van der Waals surface area contributed by atoms with Crippen LogP contribution in [0.3, 0.4) is 0 Å². The lowest BCUT2D eigenvalue weighted by Gasteiger charge is -2.03. The lowest BCUT2D eigenvalue weighted by atomic mass is 10.2. The summed E-state index contributed by atoms with van der Waals surface area (Å²) in [7, 11) is 0. The maximum Gasteiger partial charge on any atom is 0.400 e. The minimum atomic E-state index is -0.810. The van der Waals surface area contributed by atoms with Crippen molar-refractivity contribution in [2.75, 3.05) is 0 Å². The molecule has 138 valence electrons. The third-order valence-corrected chi connectivity index (χ3v) is 3.95. The van der Waals surface area contributed by atoms with Crippen LogP contribution < -0.4 is 10.5 Å². The van der Waals surface area contributed by atoms with Gasteiger partial charge in [-0.05, 0) is 60.7 Å². The van der Waals surface area contributed by atoms with Crippen LogP contribution in [0, 0.1) is 5.82 Å². The number of nitrogens with zero attached hydrogens (tertiary/aromatic N) is 1. The lowest BCUT2D eigenvalue weighted by Crippen LogP contribution is -2.15. The number of nitrogens with two attached hydrogens (primary N) is 1. The van der Waals surface area contributed by atoms with Gasteiger partial charge in [0.05, 0.1) is 0 Å². The fourth-order valence-electron chi connectivity index (χ4n) is 2.06. The number of ether oxygens (including phenoxy) is 1. The largest absolute Gasteiger partial charge is 0.486 e. The highest BCUT2D eigenvalue weighted by Crippen LogP contribution is 2.18. The van der Waals surface area contributed by atoms with Crippen LogP contribution in [0.25, 0.3) is 0 Å². The van der Waals surface area contributed by atoms with Crippen molar-refractivity contribution >= 4 is 27.7 Å². The van der Waals surface area contributed by atoms with Crippen LogP contribution in [-0.4, -0.2) is 11.8 Å². The topological polar surface area (TPSA) is 87.1 Å². The van der Waals surface area contributed by atoms with E-state index in [9.17, 15) is 9.18 Å². The lowest BCUT2D eigenvalue weighted by molar-refractivity contribution is 0.0475. The van der Waals surface area contributed by atoms with Crippen LogP contribution in [0.1, 0.15) is 21.9 Å². The summed E-state index contributed by atoms with van der Waals surface area (Å²) in [6.45, 7) is 0.149. The van der Waals surface area contributed by atoms with Gasteiger partial charge in [-0.15, -0.1) is 0 Å². The number of hydrogen-bond acceptors (Lipinski definition) is 5. The van der Waals surface area contributed by atoms with Crippen molar-refractivity contribution in [3.8, 4) is 5.75 Å². The second kappa shape index (κ2) is 8.50. The van der Waals surface area contributed by atoms with Crippen molar-refractivity contribution in [2.24, 2.45) is 10.9 Å². The second-order valence-electron chi connectivity index (χ2n) is 5.37. The first-order valence-corrected chi connectivity index (χ1v) is 8.58. The average Bonchev–Trinajstić information content (AvgIpc) is 3.15. The predicted octanol–water partition coefficient (Wildman–Crippen LogP) is 4.24. The number of hydrogen-bond donors (Lipinski definition) is 1. The minimum Gasteiger partial charge on any atom is -0.486 e. The van der Waals surface area contributed by atoms with E-state index in [4.69, 9.17) is 19.7 Å². The predicted molar refractivity (Wildman–Crippen MR) is 99.7 cm³/mol. The van der Waals surface area contributed by atoms with E-state index in [-0.39, 0.29) is 18.2 Å². The fraction of sp³-hybridized carbons (Fsp3) is 0.0526. The van der Waals surface area contributed by atoms with Crippen molar-refractivity contribution in [3.63, 3.8) is 0 Å². The first-order valence-electron chi connectivity index (χ1n) is 7.79. The third-order valence-electron chi connectivity index (χ3n) is 3.42. The van der Waals surface area contributed by atoms with Gasteiger partial charge in [0.25, 0.3) is 0 Å². The number of furan rings is 1. The molecule has 0 amide bonds. The Kier molecular flexibility index (Phi) is 5.87. The third kappa shape index (κ3) is 5.18. The number of carbonyl (C=O) groups is 1. The molecule has 3 aromatic rings. The maximum absolute atomic E-state index is 12.9. The van der Waals surface area contributed by atoms with Gasteiger partial charge in [0.2, 0.25) is 5.76 Å². The van der Waals surface area contributed by atoms with E-state index in [0.717, 1.165) is 4.47 Å². The number of carbonyl (C=O) groups excluding carboxylic acids is 1. The fourth-order valence-corrected chi connectivity index (χ4v) is 2.32. The molecule has 0 atom stereocenters. The summed E-state index contributed by atoms with van der Waals surface area (Å²) >= 11 is 3.34. The molecule has 0 saturated carbocycles. The van der Waals surface area contributed by atoms with Crippen LogP contribution in [-0.2, 0) is 11.4 Å². The van der Waals surface area contributed by atoms with Gasteiger partial charge < -0.3 is 19.7 Å². The average molecular weight is 433 g/mol. The zero-order chi connectivity index (χ0) is 19.2. The first kappa shape index (κ1) is 18.7. The van der Waals surface area contributed by atoms with Crippen LogP contribution >= 0.6 is 15.9 Å². The van der Waals surface area contributed by atoms with Crippen molar-refractivity contribution in [1.29, 1.82) is 0 Å². The molecule has 2 N–H and O–H groups in total. The molecule has 0 saturated heterocycles. The molecule has 0 aliphatic rings. The van der Waals surface area contributed by atoms with Crippen LogP contribution in [0.15, 0.2) is 74.7 Å². The van der Waals surface area contributed by atoms with Crippen LogP contribution in [0.4, 0.5) is 4.39 Å².